The molecule has 0 aromatic rings. The molecule has 1 saturated heterocycles. The number of carbonyl (C=O) groups is 1. The minimum absolute atomic E-state index is 0.0844. The van der Waals surface area contributed by atoms with E-state index in [9.17, 15) is 4.79 Å². The summed E-state index contributed by atoms with van der Waals surface area (Å²) in [7, 11) is 2.17. The van der Waals surface area contributed by atoms with Gasteiger partial charge in [0.2, 0.25) is 5.91 Å². The Morgan fingerprint density at radius 3 is 2.88 bits per heavy atom. The fourth-order valence-electron chi connectivity index (χ4n) is 2.41. The van der Waals surface area contributed by atoms with Crippen LogP contribution in [0.4, 0.5) is 0 Å². The summed E-state index contributed by atoms with van der Waals surface area (Å²) in [6, 6.07) is 0.873. The van der Waals surface area contributed by atoms with Gasteiger partial charge in [-0.3, -0.25) is 10.1 Å². The standard InChI is InChI=1S/C13H25N3O/c1-3-4-5-12-13(17)16(10-14-12)9-8-15(2)11-6-7-11/h11-12,14H,3-10H2,1-2H3. The fourth-order valence-corrected chi connectivity index (χ4v) is 2.41. The predicted molar refractivity (Wildman–Crippen MR) is 68.7 cm³/mol. The average Bonchev–Trinajstić information content (AvgIpc) is 3.11. The van der Waals surface area contributed by atoms with E-state index in [0.717, 1.165) is 45.1 Å². The van der Waals surface area contributed by atoms with E-state index in [4.69, 9.17) is 0 Å². The van der Waals surface area contributed by atoms with E-state index < -0.39 is 0 Å². The van der Waals surface area contributed by atoms with E-state index >= 15 is 0 Å². The van der Waals surface area contributed by atoms with Crippen LogP contribution in [0, 0.1) is 0 Å². The molecular formula is C13H25N3O. The number of unbranched alkanes of at least 4 members (excludes halogenated alkanes) is 1. The van der Waals surface area contributed by atoms with E-state index in [1.807, 2.05) is 4.90 Å². The van der Waals surface area contributed by atoms with Gasteiger partial charge in [-0.2, -0.15) is 0 Å². The van der Waals surface area contributed by atoms with Crippen LogP contribution in [0.2, 0.25) is 0 Å². The van der Waals surface area contributed by atoms with E-state index in [0.29, 0.717) is 5.91 Å². The van der Waals surface area contributed by atoms with E-state index in [2.05, 4.69) is 24.2 Å². The van der Waals surface area contributed by atoms with E-state index in [1.165, 1.54) is 12.8 Å². The molecule has 1 amide bonds. The number of amides is 1. The summed E-state index contributed by atoms with van der Waals surface area (Å²) < 4.78 is 0. The third-order valence-electron chi connectivity index (χ3n) is 3.88. The van der Waals surface area contributed by atoms with Gasteiger partial charge in [-0.1, -0.05) is 19.8 Å². The highest BCUT2D eigenvalue weighted by Crippen LogP contribution is 2.25. The highest BCUT2D eigenvalue weighted by molar-refractivity contribution is 5.83. The van der Waals surface area contributed by atoms with Crippen molar-refractivity contribution in [1.82, 2.24) is 15.1 Å². The summed E-state index contributed by atoms with van der Waals surface area (Å²) in [5.74, 6) is 0.308. The third-order valence-corrected chi connectivity index (χ3v) is 3.88. The Kier molecular flexibility index (Phi) is 4.40. The largest absolute Gasteiger partial charge is 0.327 e. The van der Waals surface area contributed by atoms with Crippen LogP contribution in [0.5, 0.6) is 0 Å². The SMILES string of the molecule is CCCCC1NCN(CCN(C)C2CC2)C1=O. The molecule has 1 N–H and O–H groups in total. The molecule has 4 heteroatoms. The number of hydrogen-bond acceptors (Lipinski definition) is 3. The van der Waals surface area contributed by atoms with Crippen LogP contribution in [0.15, 0.2) is 0 Å². The molecule has 0 aromatic carbocycles. The molecule has 1 unspecified atom stereocenters. The van der Waals surface area contributed by atoms with Crippen molar-refractivity contribution in [2.75, 3.05) is 26.8 Å². The number of nitrogens with one attached hydrogen (secondary N) is 1. The average molecular weight is 239 g/mol. The molecule has 2 aliphatic rings. The van der Waals surface area contributed by atoms with Crippen molar-refractivity contribution in [2.24, 2.45) is 0 Å². The Bertz CT molecular complexity index is 265. The van der Waals surface area contributed by atoms with E-state index in [1.54, 1.807) is 0 Å². The summed E-state index contributed by atoms with van der Waals surface area (Å²) in [6.45, 7) is 4.80. The van der Waals surface area contributed by atoms with Gasteiger partial charge in [0.05, 0.1) is 12.7 Å². The molecule has 98 valence electrons. The van der Waals surface area contributed by atoms with Crippen LogP contribution in [-0.2, 0) is 4.79 Å². The Labute approximate surface area is 104 Å². The van der Waals surface area contributed by atoms with Crippen molar-refractivity contribution in [3.05, 3.63) is 0 Å². The van der Waals surface area contributed by atoms with Crippen LogP contribution in [-0.4, -0.2) is 54.6 Å². The second kappa shape index (κ2) is 5.83. The Morgan fingerprint density at radius 1 is 1.47 bits per heavy atom. The zero-order valence-corrected chi connectivity index (χ0v) is 11.1. The third kappa shape index (κ3) is 3.42. The lowest BCUT2D eigenvalue weighted by Crippen LogP contribution is -2.36. The maximum Gasteiger partial charge on any atom is 0.240 e. The second-order valence-corrected chi connectivity index (χ2v) is 5.37. The van der Waals surface area contributed by atoms with Crippen LogP contribution in [0.1, 0.15) is 39.0 Å². The van der Waals surface area contributed by atoms with Gasteiger partial charge in [0.15, 0.2) is 0 Å². The molecule has 1 atom stereocenters. The lowest BCUT2D eigenvalue weighted by Gasteiger charge is -2.21. The molecule has 17 heavy (non-hydrogen) atoms. The quantitative estimate of drug-likeness (QED) is 0.721. The Morgan fingerprint density at radius 2 is 2.24 bits per heavy atom. The summed E-state index contributed by atoms with van der Waals surface area (Å²) in [4.78, 5) is 16.4. The molecule has 2 fully saturated rings. The van der Waals surface area contributed by atoms with Gasteiger partial charge in [-0.25, -0.2) is 0 Å². The number of carbonyl (C=O) groups excluding carboxylic acids is 1. The molecule has 0 spiro atoms. The summed E-state index contributed by atoms with van der Waals surface area (Å²) in [5.41, 5.74) is 0. The highest BCUT2D eigenvalue weighted by atomic mass is 16.2. The lowest BCUT2D eigenvalue weighted by molar-refractivity contribution is -0.129. The molecule has 2 rings (SSSR count). The molecule has 4 nitrogen and oxygen atoms in total. The molecular weight excluding hydrogens is 214 g/mol. The Balaban J connectivity index is 1.69. The van der Waals surface area contributed by atoms with Crippen molar-refractivity contribution < 1.29 is 4.79 Å². The lowest BCUT2D eigenvalue weighted by atomic mass is 10.1. The van der Waals surface area contributed by atoms with Gasteiger partial charge in [-0.05, 0) is 26.3 Å². The van der Waals surface area contributed by atoms with Gasteiger partial charge in [0.25, 0.3) is 0 Å². The molecule has 0 bridgehead atoms. The van der Waals surface area contributed by atoms with Gasteiger partial charge < -0.3 is 9.80 Å². The van der Waals surface area contributed by atoms with Crippen molar-refractivity contribution in [2.45, 2.75) is 51.1 Å². The van der Waals surface area contributed by atoms with Crippen LogP contribution < -0.4 is 5.32 Å². The summed E-state index contributed by atoms with van der Waals surface area (Å²) in [5, 5.41) is 3.32. The summed E-state index contributed by atoms with van der Waals surface area (Å²) >= 11 is 0. The molecule has 1 aliphatic heterocycles. The maximum absolute atomic E-state index is 12.1. The molecule has 1 aliphatic carbocycles. The normalized spacial score (nSPS) is 25.0. The fraction of sp³-hybridized carbons (Fsp3) is 0.923. The zero-order chi connectivity index (χ0) is 12.3. The van der Waals surface area contributed by atoms with Crippen molar-refractivity contribution >= 4 is 5.91 Å². The van der Waals surface area contributed by atoms with Gasteiger partial charge >= 0.3 is 0 Å². The number of hydrogen-bond donors (Lipinski definition) is 1. The van der Waals surface area contributed by atoms with E-state index in [-0.39, 0.29) is 6.04 Å². The zero-order valence-electron chi connectivity index (χ0n) is 11.1. The van der Waals surface area contributed by atoms with Crippen LogP contribution >= 0.6 is 0 Å². The Hall–Kier alpha value is -0.610. The highest BCUT2D eigenvalue weighted by Gasteiger charge is 2.31. The van der Waals surface area contributed by atoms with Gasteiger partial charge in [0, 0.05) is 19.1 Å². The predicted octanol–water partition coefficient (Wildman–Crippen LogP) is 1.03. The minimum Gasteiger partial charge on any atom is -0.327 e. The minimum atomic E-state index is 0.0844. The van der Waals surface area contributed by atoms with Gasteiger partial charge in [-0.15, -0.1) is 0 Å². The second-order valence-electron chi connectivity index (χ2n) is 5.37. The smallest absolute Gasteiger partial charge is 0.240 e. The van der Waals surface area contributed by atoms with Gasteiger partial charge in [0.1, 0.15) is 0 Å². The first-order valence-electron chi connectivity index (χ1n) is 6.94. The monoisotopic (exact) mass is 239 g/mol. The first-order chi connectivity index (χ1) is 8.22. The van der Waals surface area contributed by atoms with Crippen LogP contribution in [0.3, 0.4) is 0 Å². The maximum atomic E-state index is 12.1. The summed E-state index contributed by atoms with van der Waals surface area (Å²) in [6.07, 6.45) is 5.96. The number of nitrogens with zero attached hydrogens (tertiary/aromatic N) is 2. The van der Waals surface area contributed by atoms with Crippen molar-refractivity contribution in [1.29, 1.82) is 0 Å². The first kappa shape index (κ1) is 12.8. The van der Waals surface area contributed by atoms with Crippen LogP contribution in [0.25, 0.3) is 0 Å². The molecule has 0 radical (unpaired) electrons. The van der Waals surface area contributed by atoms with Crippen molar-refractivity contribution in [3.63, 3.8) is 0 Å². The molecule has 1 saturated carbocycles. The number of rotatable bonds is 7. The van der Waals surface area contributed by atoms with Crippen molar-refractivity contribution in [3.8, 4) is 0 Å². The first-order valence-corrected chi connectivity index (χ1v) is 6.94. The topological polar surface area (TPSA) is 35.6 Å². The number of likely N-dealkylation sites (N-methyl/N-ethyl adjacent to an activating group) is 1. The molecule has 1 heterocycles. The molecule has 0 aromatic heterocycles.